The van der Waals surface area contributed by atoms with E-state index in [4.69, 9.17) is 22.1 Å². The Morgan fingerprint density at radius 2 is 1.95 bits per heavy atom. The highest BCUT2D eigenvalue weighted by atomic mass is 35.5. The third-order valence-electron chi connectivity index (χ3n) is 3.88. The topological polar surface area (TPSA) is 72.6 Å². The molecule has 2 atom stereocenters. The van der Waals surface area contributed by atoms with E-state index in [2.05, 4.69) is 0 Å². The van der Waals surface area contributed by atoms with Gasteiger partial charge in [0.15, 0.2) is 0 Å². The van der Waals surface area contributed by atoms with Gasteiger partial charge in [0.25, 0.3) is 0 Å². The van der Waals surface area contributed by atoms with Crippen LogP contribution in [0.15, 0.2) is 23.1 Å². The van der Waals surface area contributed by atoms with Gasteiger partial charge in [-0.25, -0.2) is 8.42 Å². The van der Waals surface area contributed by atoms with Crippen LogP contribution in [0.25, 0.3) is 0 Å². The van der Waals surface area contributed by atoms with E-state index >= 15 is 0 Å². The Morgan fingerprint density at radius 1 is 1.30 bits per heavy atom. The van der Waals surface area contributed by atoms with Crippen molar-refractivity contribution in [2.45, 2.75) is 36.5 Å². The molecule has 110 valence electrons. The minimum atomic E-state index is -3.50. The molecule has 0 aromatic heterocycles. The molecule has 2 aliphatic rings. The van der Waals surface area contributed by atoms with E-state index in [0.717, 1.165) is 12.8 Å². The predicted octanol–water partition coefficient (Wildman–Crippen LogP) is 1.35. The van der Waals surface area contributed by atoms with E-state index in [0.29, 0.717) is 23.7 Å². The highest BCUT2D eigenvalue weighted by Gasteiger charge is 2.39. The zero-order chi connectivity index (χ0) is 14.3. The summed E-state index contributed by atoms with van der Waals surface area (Å²) in [4.78, 5) is 0.253. The Balaban J connectivity index is 1.92. The Morgan fingerprint density at radius 3 is 2.55 bits per heavy atom. The minimum Gasteiger partial charge on any atom is -0.372 e. The number of benzene rings is 1. The van der Waals surface area contributed by atoms with Gasteiger partial charge in [-0.15, -0.1) is 0 Å². The summed E-state index contributed by atoms with van der Waals surface area (Å²) in [6, 6.07) is 4.69. The van der Waals surface area contributed by atoms with Crippen molar-refractivity contribution in [3.05, 3.63) is 28.8 Å². The molecule has 2 N–H and O–H groups in total. The Labute approximate surface area is 123 Å². The van der Waals surface area contributed by atoms with Crippen LogP contribution in [0.5, 0.6) is 0 Å². The summed E-state index contributed by atoms with van der Waals surface area (Å²) in [6.07, 6.45) is 1.94. The third kappa shape index (κ3) is 2.46. The van der Waals surface area contributed by atoms with Gasteiger partial charge < -0.3 is 10.5 Å². The quantitative estimate of drug-likeness (QED) is 0.913. The first-order valence-corrected chi connectivity index (χ1v) is 8.46. The molecule has 2 fully saturated rings. The van der Waals surface area contributed by atoms with Crippen LogP contribution in [0.4, 0.5) is 0 Å². The predicted molar refractivity (Wildman–Crippen MR) is 76.0 cm³/mol. The number of ether oxygens (including phenoxy) is 1. The molecule has 0 spiro atoms. The summed E-state index contributed by atoms with van der Waals surface area (Å²) in [5.41, 5.74) is 6.23. The zero-order valence-corrected chi connectivity index (χ0v) is 12.5. The fourth-order valence-corrected chi connectivity index (χ4v) is 4.54. The molecule has 3 rings (SSSR count). The summed E-state index contributed by atoms with van der Waals surface area (Å²) in [5, 5.41) is 0.494. The van der Waals surface area contributed by atoms with Crippen molar-refractivity contribution >= 4 is 21.6 Å². The van der Waals surface area contributed by atoms with Gasteiger partial charge in [-0.05, 0) is 36.6 Å². The van der Waals surface area contributed by atoms with Crippen LogP contribution >= 0.6 is 11.6 Å². The second-order valence-electron chi connectivity index (χ2n) is 5.24. The summed E-state index contributed by atoms with van der Waals surface area (Å²) < 4.78 is 32.5. The Kier molecular flexibility index (Phi) is 3.77. The molecule has 5 nitrogen and oxygen atoms in total. The van der Waals surface area contributed by atoms with Crippen LogP contribution in [0.2, 0.25) is 5.02 Å². The van der Waals surface area contributed by atoms with E-state index in [1.165, 1.54) is 10.4 Å². The molecule has 2 bridgehead atoms. The van der Waals surface area contributed by atoms with Crippen molar-refractivity contribution in [2.75, 3.05) is 13.1 Å². The number of hydrogen-bond donors (Lipinski definition) is 1. The van der Waals surface area contributed by atoms with Crippen LogP contribution in [-0.4, -0.2) is 38.0 Å². The zero-order valence-electron chi connectivity index (χ0n) is 11.0. The van der Waals surface area contributed by atoms with Gasteiger partial charge >= 0.3 is 0 Å². The molecule has 2 heterocycles. The Bertz CT molecular complexity index is 608. The summed E-state index contributed by atoms with van der Waals surface area (Å²) in [5.74, 6) is 0. The minimum absolute atomic E-state index is 0.0322. The summed E-state index contributed by atoms with van der Waals surface area (Å²) in [6.45, 7) is 1.08. The van der Waals surface area contributed by atoms with Crippen molar-refractivity contribution < 1.29 is 13.2 Å². The highest BCUT2D eigenvalue weighted by molar-refractivity contribution is 7.89. The Hall–Kier alpha value is -0.660. The summed E-state index contributed by atoms with van der Waals surface area (Å²) >= 11 is 5.98. The lowest BCUT2D eigenvalue weighted by molar-refractivity contribution is -0.0114. The molecule has 0 amide bonds. The van der Waals surface area contributed by atoms with E-state index in [-0.39, 0.29) is 23.6 Å². The highest BCUT2D eigenvalue weighted by Crippen LogP contribution is 2.30. The van der Waals surface area contributed by atoms with Gasteiger partial charge in [-0.2, -0.15) is 4.31 Å². The van der Waals surface area contributed by atoms with Crippen molar-refractivity contribution in [3.63, 3.8) is 0 Å². The lowest BCUT2D eigenvalue weighted by Gasteiger charge is -2.31. The maximum atomic E-state index is 12.7. The summed E-state index contributed by atoms with van der Waals surface area (Å²) in [7, 11) is -3.50. The van der Waals surface area contributed by atoms with Crippen LogP contribution in [0.3, 0.4) is 0 Å². The average molecular weight is 317 g/mol. The number of morpholine rings is 1. The second-order valence-corrected chi connectivity index (χ2v) is 7.58. The lowest BCUT2D eigenvalue weighted by Crippen LogP contribution is -2.45. The van der Waals surface area contributed by atoms with E-state index in [1.54, 1.807) is 12.1 Å². The van der Waals surface area contributed by atoms with Gasteiger partial charge in [0.05, 0.1) is 17.1 Å². The molecule has 7 heteroatoms. The van der Waals surface area contributed by atoms with Crippen molar-refractivity contribution in [1.29, 1.82) is 0 Å². The van der Waals surface area contributed by atoms with E-state index in [9.17, 15) is 8.42 Å². The maximum Gasteiger partial charge on any atom is 0.243 e. The van der Waals surface area contributed by atoms with Gasteiger partial charge in [0.1, 0.15) is 0 Å². The number of rotatable bonds is 3. The molecule has 0 saturated carbocycles. The van der Waals surface area contributed by atoms with Crippen molar-refractivity contribution in [2.24, 2.45) is 5.73 Å². The molecule has 0 aliphatic carbocycles. The van der Waals surface area contributed by atoms with Gasteiger partial charge in [0.2, 0.25) is 10.0 Å². The second kappa shape index (κ2) is 5.27. The van der Waals surface area contributed by atoms with Crippen LogP contribution < -0.4 is 5.73 Å². The van der Waals surface area contributed by atoms with E-state index < -0.39 is 10.0 Å². The molecule has 2 saturated heterocycles. The fraction of sp³-hybridized carbons (Fsp3) is 0.538. The molecule has 2 unspecified atom stereocenters. The maximum absolute atomic E-state index is 12.7. The molecule has 1 aromatic rings. The van der Waals surface area contributed by atoms with Crippen LogP contribution in [-0.2, 0) is 21.3 Å². The molecular formula is C13H17ClN2O3S. The van der Waals surface area contributed by atoms with Crippen molar-refractivity contribution in [3.8, 4) is 0 Å². The SMILES string of the molecule is NCc1cc(S(=O)(=O)N2CC3CCC(C2)O3)ccc1Cl. The molecule has 20 heavy (non-hydrogen) atoms. The van der Waals surface area contributed by atoms with Gasteiger partial charge in [-0.3, -0.25) is 0 Å². The first-order chi connectivity index (χ1) is 9.50. The van der Waals surface area contributed by atoms with E-state index in [1.807, 2.05) is 0 Å². The average Bonchev–Trinajstić information content (AvgIpc) is 2.77. The third-order valence-corrected chi connectivity index (χ3v) is 6.08. The number of nitrogens with zero attached hydrogens (tertiary/aromatic N) is 1. The number of hydrogen-bond acceptors (Lipinski definition) is 4. The largest absolute Gasteiger partial charge is 0.372 e. The standard InChI is InChI=1S/C13H17ClN2O3S/c14-13-4-3-12(5-9(13)6-15)20(17,18)16-7-10-1-2-11(8-16)19-10/h3-5,10-11H,1-2,6-8,15H2. The lowest BCUT2D eigenvalue weighted by atomic mass is 10.2. The molecular weight excluding hydrogens is 300 g/mol. The number of fused-ring (bicyclic) bond motifs is 2. The first-order valence-electron chi connectivity index (χ1n) is 6.65. The van der Waals surface area contributed by atoms with Crippen LogP contribution in [0.1, 0.15) is 18.4 Å². The number of halogens is 1. The van der Waals surface area contributed by atoms with Crippen molar-refractivity contribution in [1.82, 2.24) is 4.31 Å². The normalized spacial score (nSPS) is 26.9. The van der Waals surface area contributed by atoms with Gasteiger partial charge in [0, 0.05) is 24.7 Å². The van der Waals surface area contributed by atoms with Crippen LogP contribution in [0, 0.1) is 0 Å². The van der Waals surface area contributed by atoms with Gasteiger partial charge in [-0.1, -0.05) is 11.6 Å². The fourth-order valence-electron chi connectivity index (χ4n) is 2.79. The number of nitrogens with two attached hydrogens (primary N) is 1. The molecule has 2 aliphatic heterocycles. The monoisotopic (exact) mass is 316 g/mol. The molecule has 1 aromatic carbocycles. The smallest absolute Gasteiger partial charge is 0.243 e. The number of sulfonamides is 1. The molecule has 0 radical (unpaired) electrons. The first kappa shape index (κ1) is 14.3.